The number of amides is 1. The van der Waals surface area contributed by atoms with Gasteiger partial charge in [0, 0.05) is 12.1 Å². The first-order chi connectivity index (χ1) is 9.90. The van der Waals surface area contributed by atoms with E-state index >= 15 is 0 Å². The molecule has 6 nitrogen and oxygen atoms in total. The molecule has 0 unspecified atom stereocenters. The molecule has 1 aromatic rings. The molecule has 1 aromatic carbocycles. The molecule has 2 rings (SSSR count). The van der Waals surface area contributed by atoms with Crippen LogP contribution in [0.4, 0.5) is 5.69 Å². The molecule has 0 spiro atoms. The molecular formula is C14H18N2O4S. The van der Waals surface area contributed by atoms with Crippen molar-refractivity contribution in [2.45, 2.75) is 24.2 Å². The van der Waals surface area contributed by atoms with Crippen LogP contribution in [0.3, 0.4) is 0 Å². The number of hydrogen-bond acceptors (Lipinski definition) is 4. The van der Waals surface area contributed by atoms with Crippen LogP contribution in [0, 0.1) is 5.92 Å². The fourth-order valence-corrected chi connectivity index (χ4v) is 3.02. The predicted octanol–water partition coefficient (Wildman–Crippen LogP) is 1.64. The van der Waals surface area contributed by atoms with Gasteiger partial charge in [-0.25, -0.2) is 13.6 Å². The van der Waals surface area contributed by atoms with Crippen molar-refractivity contribution in [1.82, 2.24) is 0 Å². The van der Waals surface area contributed by atoms with Crippen LogP contribution in [0.1, 0.15) is 19.3 Å². The molecule has 0 saturated carbocycles. The Labute approximate surface area is 124 Å². The third kappa shape index (κ3) is 4.05. The van der Waals surface area contributed by atoms with Crippen LogP contribution in [-0.4, -0.2) is 21.4 Å². The summed E-state index contributed by atoms with van der Waals surface area (Å²) in [5.41, 5.74) is 0.381. The van der Waals surface area contributed by atoms with E-state index in [2.05, 4.69) is 11.4 Å². The van der Waals surface area contributed by atoms with Crippen LogP contribution >= 0.6 is 0 Å². The number of rotatable bonds is 5. The van der Waals surface area contributed by atoms with Crippen molar-refractivity contribution in [1.29, 1.82) is 0 Å². The molecule has 1 atom stereocenters. The first kappa shape index (κ1) is 15.5. The third-order valence-corrected chi connectivity index (χ3v) is 4.25. The molecule has 0 aliphatic heterocycles. The molecule has 114 valence electrons. The molecule has 21 heavy (non-hydrogen) atoms. The van der Waals surface area contributed by atoms with E-state index in [0.717, 1.165) is 12.8 Å². The lowest BCUT2D eigenvalue weighted by atomic mass is 10.1. The number of carbonyl (C=O) groups is 1. The van der Waals surface area contributed by atoms with E-state index < -0.39 is 10.0 Å². The molecule has 0 saturated heterocycles. The Hall–Kier alpha value is -1.86. The number of hydrogen-bond donors (Lipinski definition) is 2. The first-order valence-electron chi connectivity index (χ1n) is 6.57. The highest BCUT2D eigenvalue weighted by Crippen LogP contribution is 2.27. The quantitative estimate of drug-likeness (QED) is 0.808. The zero-order chi connectivity index (χ0) is 15.5. The molecule has 7 heteroatoms. The van der Waals surface area contributed by atoms with E-state index in [-0.39, 0.29) is 22.5 Å². The van der Waals surface area contributed by atoms with E-state index in [1.807, 2.05) is 6.08 Å². The SMILES string of the molecule is COc1ccc(NC(=O)C[C@@H]2C=CCC2)cc1S(N)(=O)=O. The van der Waals surface area contributed by atoms with Gasteiger partial charge in [0.05, 0.1) is 7.11 Å². The second-order valence-electron chi connectivity index (χ2n) is 4.93. The number of allylic oxidation sites excluding steroid dienone is 2. The van der Waals surface area contributed by atoms with Crippen molar-refractivity contribution in [3.63, 3.8) is 0 Å². The Balaban J connectivity index is 2.13. The van der Waals surface area contributed by atoms with Crippen LogP contribution in [0.25, 0.3) is 0 Å². The topological polar surface area (TPSA) is 98.5 Å². The summed E-state index contributed by atoms with van der Waals surface area (Å²) in [7, 11) is -2.56. The van der Waals surface area contributed by atoms with Crippen LogP contribution in [0.15, 0.2) is 35.2 Å². The van der Waals surface area contributed by atoms with Crippen molar-refractivity contribution >= 4 is 21.6 Å². The summed E-state index contributed by atoms with van der Waals surface area (Å²) in [6, 6.07) is 4.34. The summed E-state index contributed by atoms with van der Waals surface area (Å²) in [5, 5.41) is 7.82. The highest BCUT2D eigenvalue weighted by molar-refractivity contribution is 7.89. The Bertz CT molecular complexity index is 668. The van der Waals surface area contributed by atoms with Gasteiger partial charge < -0.3 is 10.1 Å². The number of nitrogens with one attached hydrogen (secondary N) is 1. The lowest BCUT2D eigenvalue weighted by Crippen LogP contribution is -2.17. The predicted molar refractivity (Wildman–Crippen MR) is 79.5 cm³/mol. The maximum absolute atomic E-state index is 11.9. The van der Waals surface area contributed by atoms with E-state index in [9.17, 15) is 13.2 Å². The summed E-state index contributed by atoms with van der Waals surface area (Å²) in [6.45, 7) is 0. The lowest BCUT2D eigenvalue weighted by Gasteiger charge is -2.11. The minimum Gasteiger partial charge on any atom is -0.495 e. The molecule has 1 amide bonds. The number of benzene rings is 1. The molecule has 0 aromatic heterocycles. The Kier molecular flexibility index (Phi) is 4.64. The van der Waals surface area contributed by atoms with Crippen LogP contribution in [0.5, 0.6) is 5.75 Å². The molecule has 3 N–H and O–H groups in total. The summed E-state index contributed by atoms with van der Waals surface area (Å²) in [4.78, 5) is 11.8. The minimum absolute atomic E-state index is 0.147. The monoisotopic (exact) mass is 310 g/mol. The second kappa shape index (κ2) is 6.28. The maximum Gasteiger partial charge on any atom is 0.241 e. The molecule has 1 aliphatic carbocycles. The van der Waals surface area contributed by atoms with Crippen LogP contribution in [-0.2, 0) is 14.8 Å². The molecule has 0 fully saturated rings. The highest BCUT2D eigenvalue weighted by atomic mass is 32.2. The molecule has 0 radical (unpaired) electrons. The lowest BCUT2D eigenvalue weighted by molar-refractivity contribution is -0.116. The molecule has 0 heterocycles. The van der Waals surface area contributed by atoms with Crippen molar-refractivity contribution in [3.8, 4) is 5.75 Å². The van der Waals surface area contributed by atoms with Crippen molar-refractivity contribution < 1.29 is 17.9 Å². The molecule has 1 aliphatic rings. The Morgan fingerprint density at radius 2 is 2.24 bits per heavy atom. The fraction of sp³-hybridized carbons (Fsp3) is 0.357. The smallest absolute Gasteiger partial charge is 0.241 e. The van der Waals surface area contributed by atoms with E-state index in [0.29, 0.717) is 12.1 Å². The number of nitrogens with two attached hydrogens (primary N) is 1. The standard InChI is InChI=1S/C14H18N2O4S/c1-20-12-7-6-11(9-13(12)21(15,18)19)16-14(17)8-10-4-2-3-5-10/h2,4,6-7,9-10H,3,5,8H2,1H3,(H,16,17)(H2,15,18,19)/t10-/m1/s1. The number of ether oxygens (including phenoxy) is 1. The summed E-state index contributed by atoms with van der Waals surface area (Å²) < 4.78 is 28.0. The number of carbonyl (C=O) groups excluding carboxylic acids is 1. The van der Waals surface area contributed by atoms with Gasteiger partial charge in [0.25, 0.3) is 0 Å². The fourth-order valence-electron chi connectivity index (χ4n) is 2.29. The summed E-state index contributed by atoms with van der Waals surface area (Å²) in [6.07, 6.45) is 6.44. The van der Waals surface area contributed by atoms with Crippen molar-refractivity contribution in [3.05, 3.63) is 30.4 Å². The second-order valence-corrected chi connectivity index (χ2v) is 6.46. The number of anilines is 1. The van der Waals surface area contributed by atoms with Gasteiger partial charge >= 0.3 is 0 Å². The van der Waals surface area contributed by atoms with Crippen LogP contribution < -0.4 is 15.2 Å². The van der Waals surface area contributed by atoms with E-state index in [4.69, 9.17) is 9.88 Å². The van der Waals surface area contributed by atoms with Gasteiger partial charge in [-0.05, 0) is 37.0 Å². The van der Waals surface area contributed by atoms with E-state index in [1.165, 1.54) is 19.2 Å². The van der Waals surface area contributed by atoms with Crippen molar-refractivity contribution in [2.75, 3.05) is 12.4 Å². The third-order valence-electron chi connectivity index (χ3n) is 3.31. The summed E-state index contributed by atoms with van der Waals surface area (Å²) >= 11 is 0. The summed E-state index contributed by atoms with van der Waals surface area (Å²) in [5.74, 6) is 0.243. The zero-order valence-corrected chi connectivity index (χ0v) is 12.5. The number of primary sulfonamides is 1. The largest absolute Gasteiger partial charge is 0.495 e. The normalized spacial score (nSPS) is 17.7. The van der Waals surface area contributed by atoms with Gasteiger partial charge in [-0.2, -0.15) is 0 Å². The Morgan fingerprint density at radius 1 is 1.48 bits per heavy atom. The minimum atomic E-state index is -3.91. The Morgan fingerprint density at radius 3 is 2.81 bits per heavy atom. The zero-order valence-electron chi connectivity index (χ0n) is 11.7. The van der Waals surface area contributed by atoms with Crippen LogP contribution in [0.2, 0.25) is 0 Å². The first-order valence-corrected chi connectivity index (χ1v) is 8.12. The van der Waals surface area contributed by atoms with Gasteiger partial charge in [-0.3, -0.25) is 4.79 Å². The maximum atomic E-state index is 11.9. The number of methoxy groups -OCH3 is 1. The highest BCUT2D eigenvalue weighted by Gasteiger charge is 2.18. The van der Waals surface area contributed by atoms with Gasteiger partial charge in [-0.15, -0.1) is 0 Å². The van der Waals surface area contributed by atoms with Gasteiger partial charge in [0.2, 0.25) is 15.9 Å². The van der Waals surface area contributed by atoms with Gasteiger partial charge in [0.1, 0.15) is 10.6 Å². The average Bonchev–Trinajstić information content (AvgIpc) is 2.90. The molecular weight excluding hydrogens is 292 g/mol. The average molecular weight is 310 g/mol. The van der Waals surface area contributed by atoms with Gasteiger partial charge in [0.15, 0.2) is 0 Å². The molecule has 0 bridgehead atoms. The van der Waals surface area contributed by atoms with Crippen molar-refractivity contribution in [2.24, 2.45) is 11.1 Å². The van der Waals surface area contributed by atoms with E-state index in [1.54, 1.807) is 6.07 Å². The number of sulfonamides is 1. The van der Waals surface area contributed by atoms with Gasteiger partial charge in [-0.1, -0.05) is 12.2 Å².